The summed E-state index contributed by atoms with van der Waals surface area (Å²) < 4.78 is 1.08. The van der Waals surface area contributed by atoms with Gasteiger partial charge in [-0.25, -0.2) is 0 Å². The number of nitrogens with zero attached hydrogens (tertiary/aromatic N) is 1. The summed E-state index contributed by atoms with van der Waals surface area (Å²) in [5.41, 5.74) is 3.31. The first-order valence-electron chi connectivity index (χ1n) is 5.86. The second-order valence-corrected chi connectivity index (χ2v) is 5.17. The van der Waals surface area contributed by atoms with E-state index in [1.807, 2.05) is 30.3 Å². The SMILES string of the molecule is Brc1ccc(C2CC(c3ccccc3)=NO2)cc1. The number of hydrogen-bond donors (Lipinski definition) is 0. The lowest BCUT2D eigenvalue weighted by molar-refractivity contribution is 0.0857. The molecule has 3 heteroatoms. The highest BCUT2D eigenvalue weighted by atomic mass is 79.9. The summed E-state index contributed by atoms with van der Waals surface area (Å²) in [4.78, 5) is 5.52. The summed E-state index contributed by atoms with van der Waals surface area (Å²) >= 11 is 3.43. The molecule has 0 aliphatic carbocycles. The van der Waals surface area contributed by atoms with Gasteiger partial charge in [-0.15, -0.1) is 0 Å². The van der Waals surface area contributed by atoms with Gasteiger partial charge in [-0.3, -0.25) is 0 Å². The van der Waals surface area contributed by atoms with E-state index in [1.54, 1.807) is 0 Å². The molecule has 2 aromatic carbocycles. The molecule has 0 spiro atoms. The molecule has 1 heterocycles. The molecule has 18 heavy (non-hydrogen) atoms. The first-order valence-corrected chi connectivity index (χ1v) is 6.66. The first kappa shape index (κ1) is 11.5. The van der Waals surface area contributed by atoms with Crippen LogP contribution in [-0.4, -0.2) is 5.71 Å². The zero-order valence-electron chi connectivity index (χ0n) is 9.71. The summed E-state index contributed by atoms with van der Waals surface area (Å²) in [6.07, 6.45) is 0.861. The maximum Gasteiger partial charge on any atom is 0.158 e. The molecular formula is C15H12BrNO. The van der Waals surface area contributed by atoms with Crippen molar-refractivity contribution in [2.45, 2.75) is 12.5 Å². The van der Waals surface area contributed by atoms with Crippen LogP contribution in [0, 0.1) is 0 Å². The monoisotopic (exact) mass is 301 g/mol. The Bertz CT molecular complexity index is 563. The second kappa shape index (κ2) is 4.94. The van der Waals surface area contributed by atoms with Gasteiger partial charge in [-0.1, -0.05) is 63.6 Å². The topological polar surface area (TPSA) is 21.6 Å². The summed E-state index contributed by atoms with van der Waals surface area (Å²) in [5.74, 6) is 0. The zero-order chi connectivity index (χ0) is 12.4. The molecule has 1 unspecified atom stereocenters. The van der Waals surface area contributed by atoms with Crippen LogP contribution in [0.5, 0.6) is 0 Å². The predicted octanol–water partition coefficient (Wildman–Crippen LogP) is 4.31. The highest BCUT2D eigenvalue weighted by molar-refractivity contribution is 9.10. The average Bonchev–Trinajstić information content (AvgIpc) is 2.90. The fourth-order valence-corrected chi connectivity index (χ4v) is 2.30. The van der Waals surface area contributed by atoms with Gasteiger partial charge in [0.25, 0.3) is 0 Å². The van der Waals surface area contributed by atoms with Gasteiger partial charge in [0.15, 0.2) is 6.10 Å². The zero-order valence-corrected chi connectivity index (χ0v) is 11.3. The molecule has 2 nitrogen and oxygen atoms in total. The van der Waals surface area contributed by atoms with E-state index >= 15 is 0 Å². The molecule has 0 aromatic heterocycles. The minimum atomic E-state index is 0.0355. The fourth-order valence-electron chi connectivity index (χ4n) is 2.03. The summed E-state index contributed by atoms with van der Waals surface area (Å²) in [7, 11) is 0. The molecule has 0 bridgehead atoms. The van der Waals surface area contributed by atoms with Crippen LogP contribution in [-0.2, 0) is 4.84 Å². The molecule has 90 valence electrons. The Morgan fingerprint density at radius 3 is 2.44 bits per heavy atom. The van der Waals surface area contributed by atoms with Gasteiger partial charge < -0.3 is 4.84 Å². The van der Waals surface area contributed by atoms with Crippen molar-refractivity contribution in [3.05, 3.63) is 70.2 Å². The van der Waals surface area contributed by atoms with Crippen molar-refractivity contribution in [1.82, 2.24) is 0 Å². The van der Waals surface area contributed by atoms with Gasteiger partial charge >= 0.3 is 0 Å². The van der Waals surface area contributed by atoms with Crippen LogP contribution in [0.1, 0.15) is 23.7 Å². The lowest BCUT2D eigenvalue weighted by Crippen LogP contribution is -2.01. The fraction of sp³-hybridized carbons (Fsp3) is 0.133. The molecule has 0 radical (unpaired) electrons. The van der Waals surface area contributed by atoms with Gasteiger partial charge in [0, 0.05) is 10.9 Å². The molecule has 1 atom stereocenters. The lowest BCUT2D eigenvalue weighted by atomic mass is 10.0. The Kier molecular flexibility index (Phi) is 3.15. The van der Waals surface area contributed by atoms with Crippen molar-refractivity contribution in [2.75, 3.05) is 0 Å². The van der Waals surface area contributed by atoms with E-state index < -0.39 is 0 Å². The standard InChI is InChI=1S/C15H12BrNO/c16-13-8-6-12(7-9-13)15-10-14(17-18-15)11-4-2-1-3-5-11/h1-9,15H,10H2. The second-order valence-electron chi connectivity index (χ2n) is 4.25. The lowest BCUT2D eigenvalue weighted by Gasteiger charge is -2.08. The Morgan fingerprint density at radius 2 is 1.72 bits per heavy atom. The minimum absolute atomic E-state index is 0.0355. The maximum absolute atomic E-state index is 5.52. The predicted molar refractivity (Wildman–Crippen MR) is 75.6 cm³/mol. The highest BCUT2D eigenvalue weighted by Crippen LogP contribution is 2.30. The number of rotatable bonds is 2. The van der Waals surface area contributed by atoms with E-state index in [0.717, 1.165) is 27.7 Å². The molecule has 0 amide bonds. The van der Waals surface area contributed by atoms with Crippen LogP contribution >= 0.6 is 15.9 Å². The van der Waals surface area contributed by atoms with Crippen molar-refractivity contribution in [3.63, 3.8) is 0 Å². The normalized spacial score (nSPS) is 18.3. The highest BCUT2D eigenvalue weighted by Gasteiger charge is 2.23. The van der Waals surface area contributed by atoms with Crippen LogP contribution in [0.2, 0.25) is 0 Å². The third-order valence-electron chi connectivity index (χ3n) is 3.02. The first-order chi connectivity index (χ1) is 8.83. The van der Waals surface area contributed by atoms with E-state index in [-0.39, 0.29) is 6.10 Å². The largest absolute Gasteiger partial charge is 0.387 e. The van der Waals surface area contributed by atoms with E-state index in [9.17, 15) is 0 Å². The molecule has 0 fully saturated rings. The van der Waals surface area contributed by atoms with E-state index in [4.69, 9.17) is 4.84 Å². The van der Waals surface area contributed by atoms with Crippen molar-refractivity contribution < 1.29 is 4.84 Å². The van der Waals surface area contributed by atoms with Crippen molar-refractivity contribution in [3.8, 4) is 0 Å². The molecule has 0 saturated heterocycles. The molecule has 3 rings (SSSR count). The van der Waals surface area contributed by atoms with Gasteiger partial charge in [-0.2, -0.15) is 0 Å². The quantitative estimate of drug-likeness (QED) is 0.810. The molecule has 0 N–H and O–H groups in total. The van der Waals surface area contributed by atoms with Crippen molar-refractivity contribution in [1.29, 1.82) is 0 Å². The molecule has 1 aliphatic rings. The Balaban J connectivity index is 1.76. The maximum atomic E-state index is 5.52. The van der Waals surface area contributed by atoms with E-state index in [0.29, 0.717) is 0 Å². The van der Waals surface area contributed by atoms with Crippen molar-refractivity contribution in [2.24, 2.45) is 5.16 Å². The smallest absolute Gasteiger partial charge is 0.158 e. The van der Waals surface area contributed by atoms with Crippen LogP contribution < -0.4 is 0 Å². The van der Waals surface area contributed by atoms with Crippen LogP contribution in [0.25, 0.3) is 0 Å². The minimum Gasteiger partial charge on any atom is -0.387 e. The third kappa shape index (κ3) is 2.31. The van der Waals surface area contributed by atoms with Crippen LogP contribution in [0.15, 0.2) is 64.2 Å². The molecule has 0 saturated carbocycles. The number of halogens is 1. The Morgan fingerprint density at radius 1 is 1.00 bits per heavy atom. The van der Waals surface area contributed by atoms with Crippen LogP contribution in [0.3, 0.4) is 0 Å². The van der Waals surface area contributed by atoms with Gasteiger partial charge in [-0.05, 0) is 23.3 Å². The van der Waals surface area contributed by atoms with Crippen LogP contribution in [0.4, 0.5) is 0 Å². The number of oxime groups is 1. The number of benzene rings is 2. The average molecular weight is 302 g/mol. The van der Waals surface area contributed by atoms with Crippen molar-refractivity contribution >= 4 is 21.6 Å². The van der Waals surface area contributed by atoms with Gasteiger partial charge in [0.1, 0.15) is 0 Å². The molecular weight excluding hydrogens is 290 g/mol. The summed E-state index contributed by atoms with van der Waals surface area (Å²) in [5, 5.41) is 4.19. The molecule has 1 aliphatic heterocycles. The number of hydrogen-bond acceptors (Lipinski definition) is 2. The van der Waals surface area contributed by atoms with E-state index in [1.165, 1.54) is 0 Å². The summed E-state index contributed by atoms with van der Waals surface area (Å²) in [6, 6.07) is 18.4. The summed E-state index contributed by atoms with van der Waals surface area (Å²) in [6.45, 7) is 0. The third-order valence-corrected chi connectivity index (χ3v) is 3.55. The Labute approximate surface area is 114 Å². The Hall–Kier alpha value is -1.61. The van der Waals surface area contributed by atoms with E-state index in [2.05, 4.69) is 45.4 Å². The van der Waals surface area contributed by atoms with Gasteiger partial charge in [0.05, 0.1) is 5.71 Å². The van der Waals surface area contributed by atoms with Gasteiger partial charge in [0.2, 0.25) is 0 Å². The molecule has 2 aromatic rings.